The number of carbonyl (C=O) groups is 1. The number of benzene rings is 1. The first-order valence-corrected chi connectivity index (χ1v) is 4.87. The molecule has 0 aromatic heterocycles. The molecule has 0 atom stereocenters. The molecule has 0 radical (unpaired) electrons. The van der Waals surface area contributed by atoms with Crippen LogP contribution in [0.15, 0.2) is 29.8 Å². The van der Waals surface area contributed by atoms with Crippen LogP contribution in [0.2, 0.25) is 0 Å². The van der Waals surface area contributed by atoms with Gasteiger partial charge >= 0.3 is 0 Å². The highest BCUT2D eigenvalue weighted by atomic mass is 16.1. The van der Waals surface area contributed by atoms with Crippen LogP contribution in [0.5, 0.6) is 0 Å². The number of aryl methyl sites for hydroxylation is 1. The Bertz CT molecular complexity index is 348. The summed E-state index contributed by atoms with van der Waals surface area (Å²) in [5, 5.41) is 0. The molecule has 0 amide bonds. The fourth-order valence-corrected chi connectivity index (χ4v) is 1.29. The molecule has 1 heteroatoms. The summed E-state index contributed by atoms with van der Waals surface area (Å²) < 4.78 is 0. The monoisotopic (exact) mass is 188 g/mol. The molecule has 0 N–H and O–H groups in total. The molecule has 1 aromatic carbocycles. The lowest BCUT2D eigenvalue weighted by Gasteiger charge is -2.03. The zero-order valence-corrected chi connectivity index (χ0v) is 8.95. The Hall–Kier alpha value is -1.37. The van der Waals surface area contributed by atoms with Gasteiger partial charge in [0.2, 0.25) is 0 Å². The van der Waals surface area contributed by atoms with Gasteiger partial charge in [0, 0.05) is 0 Å². The topological polar surface area (TPSA) is 17.1 Å². The fraction of sp³-hybridized carbons (Fsp3) is 0.308. The van der Waals surface area contributed by atoms with Crippen molar-refractivity contribution in [2.45, 2.75) is 20.8 Å². The predicted molar refractivity (Wildman–Crippen MR) is 60.1 cm³/mol. The highest BCUT2D eigenvalue weighted by Crippen LogP contribution is 2.13. The van der Waals surface area contributed by atoms with Crippen LogP contribution in [0.3, 0.4) is 0 Å². The van der Waals surface area contributed by atoms with Crippen molar-refractivity contribution < 1.29 is 4.79 Å². The predicted octanol–water partition coefficient (Wildman–Crippen LogP) is 3.23. The highest BCUT2D eigenvalue weighted by Gasteiger charge is 2.01. The van der Waals surface area contributed by atoms with Gasteiger partial charge in [0.05, 0.1) is 0 Å². The van der Waals surface area contributed by atoms with Crippen molar-refractivity contribution in [3.8, 4) is 0 Å². The van der Waals surface area contributed by atoms with Crippen LogP contribution < -0.4 is 0 Å². The van der Waals surface area contributed by atoms with Crippen molar-refractivity contribution in [3.05, 3.63) is 41.0 Å². The number of carbonyl (C=O) groups excluding carboxylic acids is 1. The van der Waals surface area contributed by atoms with Gasteiger partial charge in [-0.05, 0) is 30.1 Å². The Balaban J connectivity index is 3.00. The molecule has 1 rings (SSSR count). The summed E-state index contributed by atoms with van der Waals surface area (Å²) in [6.07, 6.45) is 2.89. The van der Waals surface area contributed by atoms with E-state index < -0.39 is 0 Å². The molecule has 0 saturated heterocycles. The van der Waals surface area contributed by atoms with E-state index in [0.717, 1.165) is 17.4 Å². The molecular formula is C13H16O. The summed E-state index contributed by atoms with van der Waals surface area (Å²) in [6, 6.07) is 8.14. The van der Waals surface area contributed by atoms with Crippen LogP contribution in [-0.4, -0.2) is 6.29 Å². The second kappa shape index (κ2) is 4.75. The van der Waals surface area contributed by atoms with Crippen molar-refractivity contribution in [2.24, 2.45) is 5.92 Å². The lowest BCUT2D eigenvalue weighted by atomic mass is 10.0. The van der Waals surface area contributed by atoms with Gasteiger partial charge in [0.25, 0.3) is 0 Å². The van der Waals surface area contributed by atoms with Crippen molar-refractivity contribution in [3.63, 3.8) is 0 Å². The number of aldehydes is 1. The molecule has 1 nitrogen and oxygen atoms in total. The standard InChI is InChI=1S/C13H16O/c1-10(2)13(9-14)8-12-6-4-5-11(3)7-12/h4-10H,1-3H3/b13-8-. The molecule has 0 unspecified atom stereocenters. The summed E-state index contributed by atoms with van der Waals surface area (Å²) in [5.41, 5.74) is 3.16. The van der Waals surface area contributed by atoms with E-state index in [0.29, 0.717) is 0 Å². The quantitative estimate of drug-likeness (QED) is 0.525. The van der Waals surface area contributed by atoms with Gasteiger partial charge in [-0.3, -0.25) is 4.79 Å². The number of allylic oxidation sites excluding steroid dienone is 1. The zero-order chi connectivity index (χ0) is 10.6. The van der Waals surface area contributed by atoms with E-state index >= 15 is 0 Å². The fourth-order valence-electron chi connectivity index (χ4n) is 1.29. The molecule has 0 aliphatic rings. The van der Waals surface area contributed by atoms with Crippen LogP contribution in [0.25, 0.3) is 6.08 Å². The zero-order valence-electron chi connectivity index (χ0n) is 8.95. The molecule has 74 valence electrons. The maximum absolute atomic E-state index is 10.8. The van der Waals surface area contributed by atoms with Crippen molar-refractivity contribution in [1.29, 1.82) is 0 Å². The molecular weight excluding hydrogens is 172 g/mol. The summed E-state index contributed by atoms with van der Waals surface area (Å²) in [4.78, 5) is 10.8. The third-order valence-corrected chi connectivity index (χ3v) is 2.18. The smallest absolute Gasteiger partial charge is 0.146 e. The van der Waals surface area contributed by atoms with Gasteiger partial charge in [-0.2, -0.15) is 0 Å². The van der Waals surface area contributed by atoms with Gasteiger partial charge in [-0.1, -0.05) is 43.7 Å². The van der Waals surface area contributed by atoms with E-state index in [-0.39, 0.29) is 5.92 Å². The van der Waals surface area contributed by atoms with Crippen LogP contribution in [0, 0.1) is 12.8 Å². The minimum atomic E-state index is 0.285. The molecule has 0 spiro atoms. The summed E-state index contributed by atoms with van der Waals surface area (Å²) in [5.74, 6) is 0.285. The normalized spacial score (nSPS) is 11.9. The summed E-state index contributed by atoms with van der Waals surface area (Å²) in [7, 11) is 0. The van der Waals surface area contributed by atoms with Gasteiger partial charge in [-0.25, -0.2) is 0 Å². The molecule has 0 saturated carbocycles. The Morgan fingerprint density at radius 3 is 2.57 bits per heavy atom. The first-order chi connectivity index (χ1) is 6.63. The number of hydrogen-bond acceptors (Lipinski definition) is 1. The molecule has 0 fully saturated rings. The van der Waals surface area contributed by atoms with E-state index in [9.17, 15) is 4.79 Å². The third kappa shape index (κ3) is 2.84. The molecule has 0 bridgehead atoms. The van der Waals surface area contributed by atoms with E-state index in [1.165, 1.54) is 5.56 Å². The average molecular weight is 188 g/mol. The maximum atomic E-state index is 10.8. The Morgan fingerprint density at radius 1 is 1.36 bits per heavy atom. The van der Waals surface area contributed by atoms with Gasteiger partial charge in [-0.15, -0.1) is 0 Å². The lowest BCUT2D eigenvalue weighted by molar-refractivity contribution is -0.105. The largest absolute Gasteiger partial charge is 0.298 e. The average Bonchev–Trinajstić information content (AvgIpc) is 2.14. The molecule has 0 heterocycles. The summed E-state index contributed by atoms with van der Waals surface area (Å²) in [6.45, 7) is 6.10. The molecule has 14 heavy (non-hydrogen) atoms. The van der Waals surface area contributed by atoms with Gasteiger partial charge in [0.1, 0.15) is 6.29 Å². The van der Waals surface area contributed by atoms with Crippen molar-refractivity contribution >= 4 is 12.4 Å². The van der Waals surface area contributed by atoms with Crippen LogP contribution in [0.1, 0.15) is 25.0 Å². The first kappa shape index (κ1) is 10.7. The van der Waals surface area contributed by atoms with Crippen molar-refractivity contribution in [2.75, 3.05) is 0 Å². The molecule has 0 aliphatic carbocycles. The molecule has 0 aliphatic heterocycles. The van der Waals surface area contributed by atoms with E-state index in [2.05, 4.69) is 6.07 Å². The second-order valence-corrected chi connectivity index (χ2v) is 3.83. The lowest BCUT2D eigenvalue weighted by Crippen LogP contribution is -1.94. The third-order valence-electron chi connectivity index (χ3n) is 2.18. The summed E-state index contributed by atoms with van der Waals surface area (Å²) >= 11 is 0. The van der Waals surface area contributed by atoms with Crippen LogP contribution in [0.4, 0.5) is 0 Å². The van der Waals surface area contributed by atoms with Crippen LogP contribution >= 0.6 is 0 Å². The first-order valence-electron chi connectivity index (χ1n) is 4.87. The van der Waals surface area contributed by atoms with E-state index in [4.69, 9.17) is 0 Å². The number of hydrogen-bond donors (Lipinski definition) is 0. The second-order valence-electron chi connectivity index (χ2n) is 3.83. The molecule has 1 aromatic rings. The van der Waals surface area contributed by atoms with Crippen LogP contribution in [-0.2, 0) is 4.79 Å². The maximum Gasteiger partial charge on any atom is 0.146 e. The minimum absolute atomic E-state index is 0.285. The SMILES string of the molecule is Cc1cccc(/C=C(/C=O)C(C)C)c1. The minimum Gasteiger partial charge on any atom is -0.298 e. The Kier molecular flexibility index (Phi) is 3.63. The van der Waals surface area contributed by atoms with E-state index in [1.54, 1.807) is 0 Å². The van der Waals surface area contributed by atoms with Gasteiger partial charge in [0.15, 0.2) is 0 Å². The van der Waals surface area contributed by atoms with E-state index in [1.807, 2.05) is 45.0 Å². The number of rotatable bonds is 3. The van der Waals surface area contributed by atoms with Crippen molar-refractivity contribution in [1.82, 2.24) is 0 Å². The highest BCUT2D eigenvalue weighted by molar-refractivity contribution is 5.82. The Labute approximate surface area is 85.5 Å². The Morgan fingerprint density at radius 2 is 2.07 bits per heavy atom. The van der Waals surface area contributed by atoms with Gasteiger partial charge < -0.3 is 0 Å².